The van der Waals surface area contributed by atoms with Gasteiger partial charge in [-0.1, -0.05) is 29.8 Å². The molecule has 0 bridgehead atoms. The predicted molar refractivity (Wildman–Crippen MR) is 137 cm³/mol. The molecule has 1 N–H and O–H groups in total. The Bertz CT molecular complexity index is 1360. The Kier molecular flexibility index (Phi) is 6.06. The maximum atomic E-state index is 13.6. The minimum atomic E-state index is -0.154. The van der Waals surface area contributed by atoms with Crippen LogP contribution in [0, 0.1) is 6.92 Å². The van der Waals surface area contributed by atoms with E-state index in [0.717, 1.165) is 33.7 Å². The van der Waals surface area contributed by atoms with Crippen molar-refractivity contribution in [3.8, 4) is 0 Å². The van der Waals surface area contributed by atoms with Gasteiger partial charge in [-0.3, -0.25) is 9.59 Å². The van der Waals surface area contributed by atoms with Gasteiger partial charge in [-0.05, 0) is 70.8 Å². The van der Waals surface area contributed by atoms with Crippen molar-refractivity contribution in [1.29, 1.82) is 0 Å². The van der Waals surface area contributed by atoms with Crippen molar-refractivity contribution in [1.82, 2.24) is 0 Å². The Balaban J connectivity index is 1.39. The normalized spacial score (nSPS) is 12.6. The fourth-order valence-electron chi connectivity index (χ4n) is 4.08. The van der Waals surface area contributed by atoms with Gasteiger partial charge >= 0.3 is 0 Å². The molecule has 166 valence electrons. The first-order chi connectivity index (χ1) is 16.0. The fraction of sp³-hybridized carbons (Fsp3) is 0.154. The average Bonchev–Trinajstić information content (AvgIpc) is 3.37. The first-order valence-electron chi connectivity index (χ1n) is 10.6. The van der Waals surface area contributed by atoms with Gasteiger partial charge < -0.3 is 10.2 Å². The number of nitrogens with one attached hydrogen (secondary N) is 1. The van der Waals surface area contributed by atoms with Crippen LogP contribution in [0.3, 0.4) is 0 Å². The van der Waals surface area contributed by atoms with Gasteiger partial charge in [0, 0.05) is 27.5 Å². The summed E-state index contributed by atoms with van der Waals surface area (Å²) in [7, 11) is 0. The Hall–Kier alpha value is -2.93. The molecule has 1 aliphatic heterocycles. The molecule has 0 unspecified atom stereocenters. The van der Waals surface area contributed by atoms with Gasteiger partial charge in [-0.15, -0.1) is 22.7 Å². The van der Waals surface area contributed by atoms with Gasteiger partial charge in [0.05, 0.1) is 23.6 Å². The molecule has 0 saturated heterocycles. The summed E-state index contributed by atoms with van der Waals surface area (Å²) in [5.41, 5.74) is 5.19. The lowest BCUT2D eigenvalue weighted by Gasteiger charge is -2.24. The lowest BCUT2D eigenvalue weighted by atomic mass is 10.1. The van der Waals surface area contributed by atoms with E-state index in [1.807, 2.05) is 36.6 Å². The molecule has 0 saturated carbocycles. The Morgan fingerprint density at radius 3 is 2.64 bits per heavy atom. The van der Waals surface area contributed by atoms with Gasteiger partial charge in [-0.25, -0.2) is 0 Å². The Morgan fingerprint density at radius 1 is 1.03 bits per heavy atom. The van der Waals surface area contributed by atoms with Crippen molar-refractivity contribution in [2.24, 2.45) is 0 Å². The number of carbonyl (C=O) groups excluding carboxylic acids is 2. The predicted octanol–water partition coefficient (Wildman–Crippen LogP) is 6.70. The van der Waals surface area contributed by atoms with Crippen LogP contribution in [0.4, 0.5) is 11.4 Å². The second kappa shape index (κ2) is 9.14. The zero-order valence-electron chi connectivity index (χ0n) is 17.9. The summed E-state index contributed by atoms with van der Waals surface area (Å²) in [6.45, 7) is 2.51. The summed E-state index contributed by atoms with van der Waals surface area (Å²) in [5, 5.41) is 7.26. The highest BCUT2D eigenvalue weighted by atomic mass is 35.5. The van der Waals surface area contributed by atoms with Gasteiger partial charge in [0.1, 0.15) is 0 Å². The van der Waals surface area contributed by atoms with Gasteiger partial charge in [0.2, 0.25) is 5.91 Å². The molecule has 0 aliphatic carbocycles. The molecule has 0 spiro atoms. The van der Waals surface area contributed by atoms with E-state index in [9.17, 15) is 9.59 Å². The highest BCUT2D eigenvalue weighted by Gasteiger charge is 2.26. The van der Waals surface area contributed by atoms with Crippen molar-refractivity contribution >= 4 is 57.5 Å². The summed E-state index contributed by atoms with van der Waals surface area (Å²) in [4.78, 5) is 30.3. The molecule has 2 amide bonds. The van der Waals surface area contributed by atoms with Crippen LogP contribution in [-0.4, -0.2) is 11.8 Å². The van der Waals surface area contributed by atoms with E-state index < -0.39 is 0 Å². The highest BCUT2D eigenvalue weighted by Crippen LogP contribution is 2.35. The zero-order valence-corrected chi connectivity index (χ0v) is 20.3. The molecule has 7 heteroatoms. The molecular formula is C26H21ClN2O2S2. The van der Waals surface area contributed by atoms with Crippen molar-refractivity contribution < 1.29 is 9.59 Å². The molecular weight excluding hydrogens is 472 g/mol. The van der Waals surface area contributed by atoms with E-state index >= 15 is 0 Å². The molecule has 5 rings (SSSR count). The van der Waals surface area contributed by atoms with E-state index in [2.05, 4.69) is 22.8 Å². The van der Waals surface area contributed by atoms with E-state index in [1.54, 1.807) is 45.8 Å². The topological polar surface area (TPSA) is 49.4 Å². The molecule has 4 nitrogen and oxygen atoms in total. The Labute approximate surface area is 205 Å². The fourth-order valence-corrected chi connectivity index (χ4v) is 5.99. The number of anilines is 2. The first kappa shape index (κ1) is 21.9. The zero-order chi connectivity index (χ0) is 22.9. The van der Waals surface area contributed by atoms with Crippen LogP contribution < -0.4 is 10.2 Å². The summed E-state index contributed by atoms with van der Waals surface area (Å²) in [6.07, 6.45) is 1.12. The number of nitrogens with zero attached hydrogens (tertiary/aromatic N) is 1. The molecule has 0 atom stereocenters. The second-order valence-corrected chi connectivity index (χ2v) is 10.5. The molecule has 0 fully saturated rings. The Morgan fingerprint density at radius 2 is 1.85 bits per heavy atom. The average molecular weight is 493 g/mol. The molecule has 0 radical (unpaired) electrons. The first-order valence-corrected chi connectivity index (χ1v) is 12.7. The van der Waals surface area contributed by atoms with E-state index in [4.69, 9.17) is 11.6 Å². The quantitative estimate of drug-likeness (QED) is 0.344. The maximum absolute atomic E-state index is 13.6. The highest BCUT2D eigenvalue weighted by molar-refractivity contribution is 7.10. The van der Waals surface area contributed by atoms with Gasteiger partial charge in [-0.2, -0.15) is 0 Å². The van der Waals surface area contributed by atoms with E-state index in [1.165, 1.54) is 4.88 Å². The number of para-hydroxylation sites is 1. The maximum Gasteiger partial charge on any atom is 0.260 e. The molecule has 4 aromatic rings. The number of rotatable bonds is 4. The number of carbonyl (C=O) groups is 2. The van der Waals surface area contributed by atoms with Gasteiger partial charge in [0.15, 0.2) is 0 Å². The van der Waals surface area contributed by atoms with Crippen LogP contribution in [-0.2, 0) is 24.2 Å². The number of amides is 2. The van der Waals surface area contributed by atoms with Crippen molar-refractivity contribution in [3.63, 3.8) is 0 Å². The summed E-state index contributed by atoms with van der Waals surface area (Å²) >= 11 is 9.89. The van der Waals surface area contributed by atoms with Crippen LogP contribution in [0.15, 0.2) is 65.4 Å². The number of thiophene rings is 2. The number of aryl methyl sites for hydroxylation is 1. The van der Waals surface area contributed by atoms with Crippen molar-refractivity contribution in [2.75, 3.05) is 10.2 Å². The SMILES string of the molecule is Cc1sccc1CC(=O)Nc1ccc(C(=O)N2Cc3ccsc3Cc3ccccc32)c(Cl)c1. The molecule has 3 heterocycles. The third-order valence-corrected chi connectivity index (χ3v) is 8.01. The second-order valence-electron chi connectivity index (χ2n) is 7.99. The smallest absolute Gasteiger partial charge is 0.260 e. The third kappa shape index (κ3) is 4.47. The van der Waals surface area contributed by atoms with Crippen LogP contribution in [0.5, 0.6) is 0 Å². The number of halogens is 1. The van der Waals surface area contributed by atoms with Crippen molar-refractivity contribution in [3.05, 3.63) is 102 Å². The molecule has 1 aliphatic rings. The van der Waals surface area contributed by atoms with Crippen molar-refractivity contribution in [2.45, 2.75) is 26.3 Å². The van der Waals surface area contributed by atoms with Crippen LogP contribution in [0.25, 0.3) is 0 Å². The standard InChI is InChI=1S/C26H21ClN2O2S2/c1-16-17(8-10-32-16)13-25(30)28-20-6-7-21(22(27)14-20)26(31)29-15-19-9-11-33-24(19)12-18-4-2-3-5-23(18)29/h2-11,14H,12-13,15H2,1H3,(H,28,30). The van der Waals surface area contributed by atoms with Gasteiger partial charge in [0.25, 0.3) is 5.91 Å². The minimum absolute atomic E-state index is 0.113. The van der Waals surface area contributed by atoms with Crippen LogP contribution in [0.1, 0.15) is 36.8 Å². The molecule has 2 aromatic carbocycles. The van der Waals surface area contributed by atoms with E-state index in [-0.39, 0.29) is 11.8 Å². The lowest BCUT2D eigenvalue weighted by molar-refractivity contribution is -0.115. The summed E-state index contributed by atoms with van der Waals surface area (Å²) < 4.78 is 0. The molecule has 33 heavy (non-hydrogen) atoms. The summed E-state index contributed by atoms with van der Waals surface area (Å²) in [6, 6.07) is 17.1. The lowest BCUT2D eigenvalue weighted by Crippen LogP contribution is -2.30. The third-order valence-electron chi connectivity index (χ3n) is 5.85. The molecule has 2 aromatic heterocycles. The minimum Gasteiger partial charge on any atom is -0.326 e. The van der Waals surface area contributed by atoms with E-state index in [0.29, 0.717) is 29.2 Å². The number of hydrogen-bond acceptors (Lipinski definition) is 4. The van der Waals surface area contributed by atoms with Crippen LogP contribution >= 0.6 is 34.3 Å². The number of hydrogen-bond donors (Lipinski definition) is 1. The van der Waals surface area contributed by atoms with Crippen LogP contribution in [0.2, 0.25) is 5.02 Å². The monoisotopic (exact) mass is 492 g/mol. The largest absolute Gasteiger partial charge is 0.326 e. The number of benzene rings is 2. The number of fused-ring (bicyclic) bond motifs is 2. The summed E-state index contributed by atoms with van der Waals surface area (Å²) in [5.74, 6) is -0.267.